The molecule has 0 aromatic rings. The molecule has 0 aromatic carbocycles. The van der Waals surface area contributed by atoms with Crippen LogP contribution in [0.5, 0.6) is 0 Å². The third-order valence-electron chi connectivity index (χ3n) is 3.34. The van der Waals surface area contributed by atoms with Crippen molar-refractivity contribution in [1.29, 1.82) is 0 Å². The normalized spacial score (nSPS) is 34.2. The molecule has 5 nitrogen and oxygen atoms in total. The third kappa shape index (κ3) is 3.05. The molecule has 4 atom stereocenters. The van der Waals surface area contributed by atoms with Crippen LogP contribution in [0.25, 0.3) is 0 Å². The number of hydrogen-bond donors (Lipinski definition) is 5. The smallest absolute Gasteiger partial charge is 0.113 e. The van der Waals surface area contributed by atoms with Crippen LogP contribution in [0.1, 0.15) is 32.6 Å². The topological polar surface area (TPSA) is 101 Å². The van der Waals surface area contributed by atoms with Crippen molar-refractivity contribution in [2.75, 3.05) is 6.61 Å². The molecule has 1 aliphatic carbocycles. The van der Waals surface area contributed by atoms with E-state index in [-0.39, 0.29) is 5.57 Å². The molecule has 17 heavy (non-hydrogen) atoms. The maximum atomic E-state index is 9.84. The molecule has 0 unspecified atom stereocenters. The van der Waals surface area contributed by atoms with E-state index in [1.807, 2.05) is 6.92 Å². The Kier molecular flexibility index (Phi) is 5.55. The van der Waals surface area contributed by atoms with E-state index in [9.17, 15) is 25.5 Å². The Balaban J connectivity index is 2.87. The van der Waals surface area contributed by atoms with E-state index in [0.29, 0.717) is 12.0 Å². The van der Waals surface area contributed by atoms with Gasteiger partial charge in [-0.05, 0) is 24.0 Å². The molecule has 0 saturated carbocycles. The summed E-state index contributed by atoms with van der Waals surface area (Å²) in [6.07, 6.45) is -2.00. The van der Waals surface area contributed by atoms with Gasteiger partial charge in [0.05, 0.1) is 6.61 Å². The summed E-state index contributed by atoms with van der Waals surface area (Å²) >= 11 is 0. The van der Waals surface area contributed by atoms with Gasteiger partial charge >= 0.3 is 0 Å². The van der Waals surface area contributed by atoms with Gasteiger partial charge < -0.3 is 25.5 Å². The molecule has 1 rings (SSSR count). The Morgan fingerprint density at radius 3 is 1.88 bits per heavy atom. The lowest BCUT2D eigenvalue weighted by Gasteiger charge is -2.36. The fourth-order valence-electron chi connectivity index (χ4n) is 2.23. The van der Waals surface area contributed by atoms with Crippen LogP contribution < -0.4 is 0 Å². The lowest BCUT2D eigenvalue weighted by atomic mass is 9.81. The predicted molar refractivity (Wildman–Crippen MR) is 62.3 cm³/mol. The first-order chi connectivity index (χ1) is 8.04. The average molecular weight is 246 g/mol. The maximum Gasteiger partial charge on any atom is 0.113 e. The first-order valence-electron chi connectivity index (χ1n) is 6.09. The molecule has 0 fully saturated rings. The standard InChI is InChI=1S/C12H22O5/c1-2-3-4-5-7-8(6-13)10(15)12(17)11(16)9(7)14/h9-17H,2-6H2,1H3/t9-,10-,11+,12+/m1/s1. The van der Waals surface area contributed by atoms with Gasteiger partial charge in [-0.2, -0.15) is 0 Å². The second-order valence-corrected chi connectivity index (χ2v) is 4.54. The minimum atomic E-state index is -1.44. The molecule has 0 amide bonds. The van der Waals surface area contributed by atoms with Crippen LogP contribution in [0.3, 0.4) is 0 Å². The van der Waals surface area contributed by atoms with Gasteiger partial charge in [-0.1, -0.05) is 19.8 Å². The van der Waals surface area contributed by atoms with Crippen molar-refractivity contribution in [3.8, 4) is 0 Å². The van der Waals surface area contributed by atoms with Crippen LogP contribution in [0.15, 0.2) is 11.1 Å². The van der Waals surface area contributed by atoms with E-state index in [1.165, 1.54) is 0 Å². The first kappa shape index (κ1) is 14.6. The van der Waals surface area contributed by atoms with Gasteiger partial charge in [0.25, 0.3) is 0 Å². The fraction of sp³-hybridized carbons (Fsp3) is 0.833. The van der Waals surface area contributed by atoms with Gasteiger partial charge in [0, 0.05) is 0 Å². The number of hydrogen-bond acceptors (Lipinski definition) is 5. The van der Waals surface area contributed by atoms with Gasteiger partial charge in [-0.15, -0.1) is 0 Å². The number of aliphatic hydroxyl groups excluding tert-OH is 5. The molecule has 0 bridgehead atoms. The van der Waals surface area contributed by atoms with Crippen molar-refractivity contribution in [3.05, 3.63) is 11.1 Å². The Morgan fingerprint density at radius 2 is 1.41 bits per heavy atom. The molecule has 0 aromatic heterocycles. The molecule has 5 N–H and O–H groups in total. The number of rotatable bonds is 5. The Morgan fingerprint density at radius 1 is 0.882 bits per heavy atom. The summed E-state index contributed by atoms with van der Waals surface area (Å²) in [5.74, 6) is 0. The number of aliphatic hydroxyl groups is 5. The van der Waals surface area contributed by atoms with Crippen LogP contribution in [-0.4, -0.2) is 56.6 Å². The van der Waals surface area contributed by atoms with Crippen molar-refractivity contribution < 1.29 is 25.5 Å². The van der Waals surface area contributed by atoms with E-state index in [2.05, 4.69) is 0 Å². The van der Waals surface area contributed by atoms with Crippen molar-refractivity contribution in [1.82, 2.24) is 0 Å². The van der Waals surface area contributed by atoms with Crippen LogP contribution in [-0.2, 0) is 0 Å². The Labute approximate surface area is 101 Å². The molecule has 100 valence electrons. The summed E-state index contributed by atoms with van der Waals surface area (Å²) in [7, 11) is 0. The Bertz CT molecular complexity index is 276. The van der Waals surface area contributed by atoms with Gasteiger partial charge in [-0.25, -0.2) is 0 Å². The quantitative estimate of drug-likeness (QED) is 0.326. The summed E-state index contributed by atoms with van der Waals surface area (Å²) in [5.41, 5.74) is 0.706. The fourth-order valence-corrected chi connectivity index (χ4v) is 2.23. The summed E-state index contributed by atoms with van der Waals surface area (Å²) in [5, 5.41) is 47.8. The summed E-state index contributed by atoms with van der Waals surface area (Å²) in [4.78, 5) is 0. The van der Waals surface area contributed by atoms with E-state index >= 15 is 0 Å². The van der Waals surface area contributed by atoms with Crippen molar-refractivity contribution in [3.63, 3.8) is 0 Å². The molecule has 0 radical (unpaired) electrons. The minimum absolute atomic E-state index is 0.242. The summed E-state index contributed by atoms with van der Waals surface area (Å²) < 4.78 is 0. The average Bonchev–Trinajstić information content (AvgIpc) is 2.33. The minimum Gasteiger partial charge on any atom is -0.392 e. The third-order valence-corrected chi connectivity index (χ3v) is 3.34. The van der Waals surface area contributed by atoms with Crippen molar-refractivity contribution in [2.45, 2.75) is 57.0 Å². The molecule has 5 heteroatoms. The number of unbranched alkanes of at least 4 members (excludes halogenated alkanes) is 2. The van der Waals surface area contributed by atoms with Gasteiger partial charge in [0.1, 0.15) is 24.4 Å². The monoisotopic (exact) mass is 246 g/mol. The zero-order chi connectivity index (χ0) is 13.0. The highest BCUT2D eigenvalue weighted by atomic mass is 16.4. The molecular formula is C12H22O5. The van der Waals surface area contributed by atoms with Crippen LogP contribution >= 0.6 is 0 Å². The molecule has 0 aliphatic heterocycles. The SMILES string of the molecule is CCCCCC1=C(CO)[C@@H](O)[C@H](O)[C@@H](O)[C@@H]1O. The lowest BCUT2D eigenvalue weighted by molar-refractivity contribution is -0.100. The van der Waals surface area contributed by atoms with E-state index < -0.39 is 31.0 Å². The highest BCUT2D eigenvalue weighted by molar-refractivity contribution is 5.29. The van der Waals surface area contributed by atoms with Gasteiger partial charge in [0.15, 0.2) is 0 Å². The molecule has 1 aliphatic rings. The first-order valence-corrected chi connectivity index (χ1v) is 6.09. The van der Waals surface area contributed by atoms with Crippen LogP contribution in [0, 0.1) is 0 Å². The van der Waals surface area contributed by atoms with E-state index in [0.717, 1.165) is 19.3 Å². The van der Waals surface area contributed by atoms with Crippen molar-refractivity contribution in [2.24, 2.45) is 0 Å². The van der Waals surface area contributed by atoms with Crippen LogP contribution in [0.4, 0.5) is 0 Å². The highest BCUT2D eigenvalue weighted by Gasteiger charge is 2.40. The second-order valence-electron chi connectivity index (χ2n) is 4.54. The molecule has 0 heterocycles. The van der Waals surface area contributed by atoms with Gasteiger partial charge in [-0.3, -0.25) is 0 Å². The summed E-state index contributed by atoms with van der Waals surface area (Å²) in [6, 6.07) is 0. The zero-order valence-corrected chi connectivity index (χ0v) is 10.1. The summed E-state index contributed by atoms with van der Waals surface area (Å²) in [6.45, 7) is 1.63. The van der Waals surface area contributed by atoms with E-state index in [4.69, 9.17) is 0 Å². The second kappa shape index (κ2) is 6.47. The van der Waals surface area contributed by atoms with Gasteiger partial charge in [0.2, 0.25) is 0 Å². The zero-order valence-electron chi connectivity index (χ0n) is 10.1. The van der Waals surface area contributed by atoms with Crippen molar-refractivity contribution >= 4 is 0 Å². The lowest BCUT2D eigenvalue weighted by Crippen LogP contribution is -2.51. The maximum absolute atomic E-state index is 9.84. The molecular weight excluding hydrogens is 224 g/mol. The van der Waals surface area contributed by atoms with E-state index in [1.54, 1.807) is 0 Å². The molecule has 0 spiro atoms. The van der Waals surface area contributed by atoms with Crippen LogP contribution in [0.2, 0.25) is 0 Å². The Hall–Kier alpha value is -0.460. The molecule has 0 saturated heterocycles. The largest absolute Gasteiger partial charge is 0.392 e. The highest BCUT2D eigenvalue weighted by Crippen LogP contribution is 2.29. The predicted octanol–water partition coefficient (Wildman–Crippen LogP) is -0.687.